The molecule has 1 aromatic carbocycles. The summed E-state index contributed by atoms with van der Waals surface area (Å²) in [6, 6.07) is 9.85. The number of benzene rings is 1. The lowest BCUT2D eigenvalue weighted by molar-refractivity contribution is 0.210. The molecule has 2 aromatic rings. The van der Waals surface area contributed by atoms with Gasteiger partial charge in [-0.05, 0) is 37.0 Å². The number of rotatable bonds is 3. The Hall–Kier alpha value is -1.77. The van der Waals surface area contributed by atoms with Gasteiger partial charge in [0.15, 0.2) is 0 Å². The van der Waals surface area contributed by atoms with Crippen molar-refractivity contribution in [2.75, 3.05) is 12.3 Å². The first-order valence-corrected chi connectivity index (χ1v) is 7.11. The van der Waals surface area contributed by atoms with Gasteiger partial charge in [0.1, 0.15) is 17.1 Å². The van der Waals surface area contributed by atoms with Crippen LogP contribution < -0.4 is 10.5 Å². The van der Waals surface area contributed by atoms with Crippen molar-refractivity contribution in [2.24, 2.45) is 5.92 Å². The Balaban J connectivity index is 1.78. The number of fused-ring (bicyclic) bond motifs is 1. The van der Waals surface area contributed by atoms with E-state index < -0.39 is 0 Å². The Morgan fingerprint density at radius 1 is 1.11 bits per heavy atom. The highest BCUT2D eigenvalue weighted by Gasteiger charge is 2.14. The second-order valence-corrected chi connectivity index (χ2v) is 5.38. The number of hydrogen-bond donors (Lipinski definition) is 1. The molecule has 0 spiro atoms. The molecular weight excluding hydrogens is 236 g/mol. The van der Waals surface area contributed by atoms with Crippen LogP contribution in [0.3, 0.4) is 0 Å². The largest absolute Gasteiger partial charge is 0.491 e. The maximum absolute atomic E-state index is 6.00. The summed E-state index contributed by atoms with van der Waals surface area (Å²) in [5, 5.41) is 1.08. The number of nitrogens with two attached hydrogens (primary N) is 1. The average Bonchev–Trinajstić information content (AvgIpc) is 2.46. The molecule has 0 atom stereocenters. The van der Waals surface area contributed by atoms with Crippen molar-refractivity contribution in [1.82, 2.24) is 4.98 Å². The Kier molecular flexibility index (Phi) is 3.53. The van der Waals surface area contributed by atoms with Crippen LogP contribution in [-0.4, -0.2) is 11.6 Å². The van der Waals surface area contributed by atoms with E-state index in [2.05, 4.69) is 4.98 Å². The van der Waals surface area contributed by atoms with Gasteiger partial charge in [-0.2, -0.15) is 0 Å². The number of anilines is 1. The first-order chi connectivity index (χ1) is 9.33. The fourth-order valence-electron chi connectivity index (χ4n) is 2.81. The van der Waals surface area contributed by atoms with Gasteiger partial charge in [-0.1, -0.05) is 31.4 Å². The molecule has 0 aliphatic heterocycles. The molecule has 3 rings (SSSR count). The highest BCUT2D eigenvalue weighted by molar-refractivity contribution is 5.85. The zero-order valence-corrected chi connectivity index (χ0v) is 11.1. The van der Waals surface area contributed by atoms with Gasteiger partial charge in [-0.3, -0.25) is 0 Å². The molecule has 1 fully saturated rings. The van der Waals surface area contributed by atoms with Gasteiger partial charge in [-0.15, -0.1) is 0 Å². The summed E-state index contributed by atoms with van der Waals surface area (Å²) in [6.45, 7) is 0.801. The van der Waals surface area contributed by atoms with E-state index in [1.165, 1.54) is 32.1 Å². The smallest absolute Gasteiger partial charge is 0.145 e. The number of nitrogens with zero attached hydrogens (tertiary/aromatic N) is 1. The lowest BCUT2D eigenvalue weighted by atomic mass is 9.90. The van der Waals surface area contributed by atoms with Gasteiger partial charge < -0.3 is 10.5 Å². The third-order valence-electron chi connectivity index (χ3n) is 3.90. The average molecular weight is 256 g/mol. The molecule has 0 saturated heterocycles. The Bertz CT molecular complexity index is 562. The Labute approximate surface area is 113 Å². The second kappa shape index (κ2) is 5.47. The Morgan fingerprint density at radius 2 is 1.95 bits per heavy atom. The summed E-state index contributed by atoms with van der Waals surface area (Å²) in [5.41, 5.74) is 6.64. The van der Waals surface area contributed by atoms with Gasteiger partial charge in [0.2, 0.25) is 0 Å². The van der Waals surface area contributed by atoms with Crippen molar-refractivity contribution >= 4 is 16.7 Å². The number of pyridine rings is 1. The van der Waals surface area contributed by atoms with Crippen LogP contribution in [0.15, 0.2) is 30.3 Å². The normalized spacial score (nSPS) is 16.6. The quantitative estimate of drug-likeness (QED) is 0.909. The summed E-state index contributed by atoms with van der Waals surface area (Å²) in [4.78, 5) is 4.39. The van der Waals surface area contributed by atoms with Crippen LogP contribution in [0.25, 0.3) is 10.9 Å². The molecule has 3 heteroatoms. The number of para-hydroxylation sites is 1. The molecule has 1 aromatic heterocycles. The highest BCUT2D eigenvalue weighted by Crippen LogP contribution is 2.28. The molecule has 3 nitrogen and oxygen atoms in total. The summed E-state index contributed by atoms with van der Waals surface area (Å²) >= 11 is 0. The van der Waals surface area contributed by atoms with E-state index in [4.69, 9.17) is 10.5 Å². The summed E-state index contributed by atoms with van der Waals surface area (Å²) in [7, 11) is 0. The zero-order valence-electron chi connectivity index (χ0n) is 11.1. The molecule has 0 amide bonds. The predicted molar refractivity (Wildman–Crippen MR) is 78.2 cm³/mol. The molecule has 2 N–H and O–H groups in total. The SMILES string of the molecule is Nc1ccc2cccc(OCC3CCCCC3)c2n1. The van der Waals surface area contributed by atoms with E-state index in [1.807, 2.05) is 30.3 Å². The third-order valence-corrected chi connectivity index (χ3v) is 3.90. The van der Waals surface area contributed by atoms with E-state index in [-0.39, 0.29) is 0 Å². The van der Waals surface area contributed by atoms with E-state index in [1.54, 1.807) is 0 Å². The van der Waals surface area contributed by atoms with Gasteiger partial charge in [0, 0.05) is 5.39 Å². The van der Waals surface area contributed by atoms with Crippen LogP contribution >= 0.6 is 0 Å². The molecule has 100 valence electrons. The first-order valence-electron chi connectivity index (χ1n) is 7.11. The van der Waals surface area contributed by atoms with Crippen LogP contribution in [0, 0.1) is 5.92 Å². The van der Waals surface area contributed by atoms with Crippen molar-refractivity contribution in [1.29, 1.82) is 0 Å². The van der Waals surface area contributed by atoms with Crippen LogP contribution in [0.1, 0.15) is 32.1 Å². The summed E-state index contributed by atoms with van der Waals surface area (Å²) in [6.07, 6.45) is 6.65. The minimum atomic E-state index is 0.543. The fourth-order valence-corrected chi connectivity index (χ4v) is 2.81. The molecule has 1 saturated carbocycles. The van der Waals surface area contributed by atoms with Crippen LogP contribution in [0.2, 0.25) is 0 Å². The maximum Gasteiger partial charge on any atom is 0.145 e. The molecule has 1 aliphatic rings. The standard InChI is InChI=1S/C16H20N2O/c17-15-10-9-13-7-4-8-14(16(13)18-15)19-11-12-5-2-1-3-6-12/h4,7-10,12H,1-3,5-6,11H2,(H2,17,18). The van der Waals surface area contributed by atoms with Crippen molar-refractivity contribution < 1.29 is 4.74 Å². The van der Waals surface area contributed by atoms with Crippen LogP contribution in [0.4, 0.5) is 5.82 Å². The van der Waals surface area contributed by atoms with Crippen molar-refractivity contribution in [2.45, 2.75) is 32.1 Å². The van der Waals surface area contributed by atoms with E-state index in [9.17, 15) is 0 Å². The van der Waals surface area contributed by atoms with E-state index >= 15 is 0 Å². The van der Waals surface area contributed by atoms with E-state index in [0.717, 1.165) is 23.3 Å². The Morgan fingerprint density at radius 3 is 2.79 bits per heavy atom. The zero-order chi connectivity index (χ0) is 13.1. The second-order valence-electron chi connectivity index (χ2n) is 5.38. The lowest BCUT2D eigenvalue weighted by Gasteiger charge is -2.21. The monoisotopic (exact) mass is 256 g/mol. The molecule has 1 aliphatic carbocycles. The van der Waals surface area contributed by atoms with E-state index in [0.29, 0.717) is 11.7 Å². The molecule has 1 heterocycles. The highest BCUT2D eigenvalue weighted by atomic mass is 16.5. The number of hydrogen-bond acceptors (Lipinski definition) is 3. The molecular formula is C16H20N2O. The van der Waals surface area contributed by atoms with Gasteiger partial charge in [0.25, 0.3) is 0 Å². The minimum absolute atomic E-state index is 0.543. The molecule has 19 heavy (non-hydrogen) atoms. The van der Waals surface area contributed by atoms with Gasteiger partial charge in [0.05, 0.1) is 6.61 Å². The lowest BCUT2D eigenvalue weighted by Crippen LogP contribution is -2.15. The topological polar surface area (TPSA) is 48.1 Å². The predicted octanol–water partition coefficient (Wildman–Crippen LogP) is 3.78. The van der Waals surface area contributed by atoms with Crippen molar-refractivity contribution in [3.63, 3.8) is 0 Å². The molecule has 0 bridgehead atoms. The first kappa shape index (κ1) is 12.3. The minimum Gasteiger partial charge on any atom is -0.491 e. The number of nitrogen functional groups attached to an aromatic ring is 1. The van der Waals surface area contributed by atoms with Gasteiger partial charge in [-0.25, -0.2) is 4.98 Å². The molecule has 0 radical (unpaired) electrons. The maximum atomic E-state index is 6.00. The number of ether oxygens (including phenoxy) is 1. The molecule has 0 unspecified atom stereocenters. The van der Waals surface area contributed by atoms with Gasteiger partial charge >= 0.3 is 0 Å². The van der Waals surface area contributed by atoms with Crippen molar-refractivity contribution in [3.8, 4) is 5.75 Å². The van der Waals surface area contributed by atoms with Crippen LogP contribution in [0.5, 0.6) is 5.75 Å². The summed E-state index contributed by atoms with van der Waals surface area (Å²) < 4.78 is 6.00. The van der Waals surface area contributed by atoms with Crippen LogP contribution in [-0.2, 0) is 0 Å². The number of aromatic nitrogens is 1. The van der Waals surface area contributed by atoms with Crippen molar-refractivity contribution in [3.05, 3.63) is 30.3 Å². The third kappa shape index (κ3) is 2.80. The summed E-state index contributed by atoms with van der Waals surface area (Å²) in [5.74, 6) is 2.10. The fraction of sp³-hybridized carbons (Fsp3) is 0.438.